The Labute approximate surface area is 99.8 Å². The Balaban J connectivity index is 2.54. The summed E-state index contributed by atoms with van der Waals surface area (Å²) in [7, 11) is 0. The van der Waals surface area contributed by atoms with Crippen LogP contribution in [0.3, 0.4) is 0 Å². The minimum atomic E-state index is 0.189. The summed E-state index contributed by atoms with van der Waals surface area (Å²) in [5.41, 5.74) is 0.189. The minimum Gasteiger partial charge on any atom is -0.378 e. The highest BCUT2D eigenvalue weighted by atomic mass is 32.1. The first-order chi connectivity index (χ1) is 6.97. The summed E-state index contributed by atoms with van der Waals surface area (Å²) < 4.78 is 5.53. The number of nitrogens with zero attached hydrogens (tertiary/aromatic N) is 1. The summed E-state index contributed by atoms with van der Waals surface area (Å²) in [5, 5.41) is 0. The average Bonchev–Trinajstić information content (AvgIpc) is 2.15. The van der Waals surface area contributed by atoms with E-state index in [-0.39, 0.29) is 5.54 Å². The molecule has 1 saturated heterocycles. The van der Waals surface area contributed by atoms with Gasteiger partial charge in [0, 0.05) is 18.6 Å². The van der Waals surface area contributed by atoms with Gasteiger partial charge in [-0.3, -0.25) is 4.90 Å². The van der Waals surface area contributed by atoms with E-state index in [2.05, 4.69) is 45.2 Å². The predicted octanol–water partition coefficient (Wildman–Crippen LogP) is 2.30. The van der Waals surface area contributed by atoms with Crippen LogP contribution in [0.15, 0.2) is 0 Å². The number of hydrogen-bond donors (Lipinski definition) is 1. The van der Waals surface area contributed by atoms with Crippen LogP contribution >= 0.6 is 12.6 Å². The molecule has 15 heavy (non-hydrogen) atoms. The first-order valence-electron chi connectivity index (χ1n) is 5.91. The number of ether oxygens (including phenoxy) is 1. The van der Waals surface area contributed by atoms with Crippen molar-refractivity contribution in [3.8, 4) is 0 Å². The molecular formula is C12H25NOS. The smallest absolute Gasteiger partial charge is 0.0645 e. The molecule has 0 spiro atoms. The van der Waals surface area contributed by atoms with E-state index >= 15 is 0 Å². The fourth-order valence-electron chi connectivity index (χ4n) is 1.99. The third-order valence-electron chi connectivity index (χ3n) is 3.45. The molecule has 1 aliphatic heterocycles. The van der Waals surface area contributed by atoms with E-state index in [4.69, 9.17) is 4.74 Å². The molecule has 0 aromatic carbocycles. The Morgan fingerprint density at radius 3 is 2.53 bits per heavy atom. The van der Waals surface area contributed by atoms with Gasteiger partial charge in [0.25, 0.3) is 0 Å². The summed E-state index contributed by atoms with van der Waals surface area (Å²) in [6.07, 6.45) is 0. The maximum absolute atomic E-state index is 5.53. The molecular weight excluding hydrogens is 206 g/mol. The second-order valence-corrected chi connectivity index (χ2v) is 5.86. The maximum atomic E-state index is 5.53. The van der Waals surface area contributed by atoms with Crippen molar-refractivity contribution >= 4 is 12.6 Å². The van der Waals surface area contributed by atoms with E-state index in [1.165, 1.54) is 0 Å². The van der Waals surface area contributed by atoms with Gasteiger partial charge in [0.1, 0.15) is 0 Å². The van der Waals surface area contributed by atoms with Crippen molar-refractivity contribution in [1.82, 2.24) is 4.90 Å². The molecule has 1 unspecified atom stereocenters. The second kappa shape index (κ2) is 5.55. The van der Waals surface area contributed by atoms with Crippen LogP contribution in [0.25, 0.3) is 0 Å². The maximum Gasteiger partial charge on any atom is 0.0645 e. The minimum absolute atomic E-state index is 0.189. The molecule has 1 rings (SSSR count). The van der Waals surface area contributed by atoms with E-state index in [1.54, 1.807) is 0 Å². The Bertz CT molecular complexity index is 194. The van der Waals surface area contributed by atoms with E-state index in [0.29, 0.717) is 11.8 Å². The summed E-state index contributed by atoms with van der Waals surface area (Å²) in [5.74, 6) is 2.37. The van der Waals surface area contributed by atoms with Crippen LogP contribution in [0.2, 0.25) is 0 Å². The van der Waals surface area contributed by atoms with Gasteiger partial charge < -0.3 is 4.74 Å². The summed E-state index contributed by atoms with van der Waals surface area (Å²) in [6, 6.07) is 0. The molecule has 0 bridgehead atoms. The van der Waals surface area contributed by atoms with Crippen molar-refractivity contribution in [1.29, 1.82) is 0 Å². The molecule has 0 N–H and O–H groups in total. The second-order valence-electron chi connectivity index (χ2n) is 5.50. The lowest BCUT2D eigenvalue weighted by Gasteiger charge is -2.44. The SMILES string of the molecule is CC(C)C(CS)CN1CCOCC1(C)C. The van der Waals surface area contributed by atoms with Gasteiger partial charge in [-0.15, -0.1) is 0 Å². The summed E-state index contributed by atoms with van der Waals surface area (Å²) in [4.78, 5) is 2.55. The van der Waals surface area contributed by atoms with Gasteiger partial charge in [0.15, 0.2) is 0 Å². The first-order valence-corrected chi connectivity index (χ1v) is 6.54. The highest BCUT2D eigenvalue weighted by Gasteiger charge is 2.32. The predicted molar refractivity (Wildman–Crippen MR) is 68.7 cm³/mol. The lowest BCUT2D eigenvalue weighted by Crippen LogP contribution is -2.54. The Morgan fingerprint density at radius 1 is 1.40 bits per heavy atom. The van der Waals surface area contributed by atoms with Gasteiger partial charge >= 0.3 is 0 Å². The van der Waals surface area contributed by atoms with Crippen LogP contribution in [-0.4, -0.2) is 42.5 Å². The van der Waals surface area contributed by atoms with Crippen molar-refractivity contribution in [2.45, 2.75) is 33.2 Å². The molecule has 1 fully saturated rings. The fraction of sp³-hybridized carbons (Fsp3) is 1.00. The van der Waals surface area contributed by atoms with E-state index in [0.717, 1.165) is 32.1 Å². The van der Waals surface area contributed by atoms with E-state index < -0.39 is 0 Å². The Hall–Kier alpha value is 0.270. The lowest BCUT2D eigenvalue weighted by atomic mass is 9.94. The van der Waals surface area contributed by atoms with Gasteiger partial charge in [0.05, 0.1) is 13.2 Å². The third kappa shape index (κ3) is 3.65. The topological polar surface area (TPSA) is 12.5 Å². The van der Waals surface area contributed by atoms with Gasteiger partial charge in [-0.05, 0) is 31.4 Å². The molecule has 1 atom stereocenters. The van der Waals surface area contributed by atoms with Crippen LogP contribution in [0, 0.1) is 11.8 Å². The quantitative estimate of drug-likeness (QED) is 0.745. The molecule has 0 radical (unpaired) electrons. The van der Waals surface area contributed by atoms with Crippen molar-refractivity contribution in [2.75, 3.05) is 32.1 Å². The molecule has 0 saturated carbocycles. The van der Waals surface area contributed by atoms with E-state index in [1.807, 2.05) is 0 Å². The van der Waals surface area contributed by atoms with E-state index in [9.17, 15) is 0 Å². The number of rotatable bonds is 4. The van der Waals surface area contributed by atoms with Gasteiger partial charge in [-0.1, -0.05) is 13.8 Å². The van der Waals surface area contributed by atoms with Gasteiger partial charge in [-0.2, -0.15) is 12.6 Å². The van der Waals surface area contributed by atoms with Gasteiger partial charge in [0.2, 0.25) is 0 Å². The van der Waals surface area contributed by atoms with Crippen molar-refractivity contribution in [3.05, 3.63) is 0 Å². The number of thiol groups is 1. The first kappa shape index (κ1) is 13.3. The normalized spacial score (nSPS) is 24.4. The standard InChI is InChI=1S/C12H25NOS/c1-10(2)11(8-15)7-13-5-6-14-9-12(13,3)4/h10-11,15H,5-9H2,1-4H3. The fourth-order valence-corrected chi connectivity index (χ4v) is 2.53. The molecule has 0 aromatic heterocycles. The Morgan fingerprint density at radius 2 is 2.07 bits per heavy atom. The molecule has 3 heteroatoms. The van der Waals surface area contributed by atoms with Crippen LogP contribution in [-0.2, 0) is 4.74 Å². The molecule has 0 amide bonds. The van der Waals surface area contributed by atoms with Crippen molar-refractivity contribution in [2.24, 2.45) is 11.8 Å². The highest BCUT2D eigenvalue weighted by Crippen LogP contribution is 2.23. The van der Waals surface area contributed by atoms with Crippen LogP contribution in [0.4, 0.5) is 0 Å². The summed E-state index contributed by atoms with van der Waals surface area (Å²) in [6.45, 7) is 13.0. The monoisotopic (exact) mass is 231 g/mol. The zero-order chi connectivity index (χ0) is 11.5. The average molecular weight is 231 g/mol. The molecule has 2 nitrogen and oxygen atoms in total. The number of morpholine rings is 1. The molecule has 0 aromatic rings. The van der Waals surface area contributed by atoms with Crippen LogP contribution in [0.5, 0.6) is 0 Å². The van der Waals surface area contributed by atoms with Crippen LogP contribution < -0.4 is 0 Å². The summed E-state index contributed by atoms with van der Waals surface area (Å²) >= 11 is 4.45. The van der Waals surface area contributed by atoms with Crippen molar-refractivity contribution in [3.63, 3.8) is 0 Å². The third-order valence-corrected chi connectivity index (χ3v) is 3.92. The number of hydrogen-bond acceptors (Lipinski definition) is 3. The zero-order valence-corrected chi connectivity index (χ0v) is 11.4. The molecule has 90 valence electrons. The van der Waals surface area contributed by atoms with Gasteiger partial charge in [-0.25, -0.2) is 0 Å². The zero-order valence-electron chi connectivity index (χ0n) is 10.5. The largest absolute Gasteiger partial charge is 0.378 e. The van der Waals surface area contributed by atoms with Crippen molar-refractivity contribution < 1.29 is 4.74 Å². The lowest BCUT2D eigenvalue weighted by molar-refractivity contribution is -0.0581. The molecule has 1 heterocycles. The Kier molecular flexibility index (Phi) is 4.94. The molecule has 1 aliphatic rings. The highest BCUT2D eigenvalue weighted by molar-refractivity contribution is 7.80. The molecule has 0 aliphatic carbocycles. The van der Waals surface area contributed by atoms with Crippen LogP contribution in [0.1, 0.15) is 27.7 Å².